The minimum absolute atomic E-state index is 0.634. The van der Waals surface area contributed by atoms with Gasteiger partial charge in [0.05, 0.1) is 0 Å². The van der Waals surface area contributed by atoms with Crippen molar-refractivity contribution in [1.82, 2.24) is 0 Å². The van der Waals surface area contributed by atoms with Crippen LogP contribution < -0.4 is 5.73 Å². The first-order valence-corrected chi connectivity index (χ1v) is 5.53. The van der Waals surface area contributed by atoms with Crippen LogP contribution in [0.4, 0.5) is 0 Å². The summed E-state index contributed by atoms with van der Waals surface area (Å²) in [4.78, 5) is 1.34. The fourth-order valence-electron chi connectivity index (χ4n) is 1.53. The van der Waals surface area contributed by atoms with Gasteiger partial charge >= 0.3 is 0 Å². The topological polar surface area (TPSA) is 26.0 Å². The monoisotopic (exact) mass is 203 g/mol. The molecule has 2 rings (SSSR count). The molecule has 1 heterocycles. The highest BCUT2D eigenvalue weighted by molar-refractivity contribution is 7.14. The molecule has 0 aliphatic carbocycles. The zero-order valence-corrected chi connectivity index (χ0v) is 8.97. The third-order valence-electron chi connectivity index (χ3n) is 2.40. The molecule has 0 bridgehead atoms. The van der Waals surface area contributed by atoms with Gasteiger partial charge in [-0.1, -0.05) is 30.3 Å². The van der Waals surface area contributed by atoms with E-state index in [0.717, 1.165) is 0 Å². The Morgan fingerprint density at radius 3 is 2.50 bits per heavy atom. The van der Waals surface area contributed by atoms with Crippen molar-refractivity contribution < 1.29 is 0 Å². The van der Waals surface area contributed by atoms with E-state index in [1.165, 1.54) is 21.6 Å². The SMILES string of the molecule is Cc1c(CN)csc1-c1ccccc1. The molecule has 0 fully saturated rings. The Bertz CT molecular complexity index is 417. The van der Waals surface area contributed by atoms with Gasteiger partial charge in [-0.05, 0) is 29.0 Å². The number of hydrogen-bond donors (Lipinski definition) is 1. The smallest absolute Gasteiger partial charge is 0.0375 e. The second-order valence-electron chi connectivity index (χ2n) is 3.29. The van der Waals surface area contributed by atoms with Crippen molar-refractivity contribution in [1.29, 1.82) is 0 Å². The van der Waals surface area contributed by atoms with E-state index in [-0.39, 0.29) is 0 Å². The molecule has 0 amide bonds. The van der Waals surface area contributed by atoms with Crippen LogP contribution in [0.15, 0.2) is 35.7 Å². The summed E-state index contributed by atoms with van der Waals surface area (Å²) in [7, 11) is 0. The predicted octanol–water partition coefficient (Wildman–Crippen LogP) is 3.18. The van der Waals surface area contributed by atoms with Gasteiger partial charge in [-0.25, -0.2) is 0 Å². The molecule has 1 nitrogen and oxygen atoms in total. The zero-order valence-electron chi connectivity index (χ0n) is 8.16. The van der Waals surface area contributed by atoms with Gasteiger partial charge in [0.1, 0.15) is 0 Å². The highest BCUT2D eigenvalue weighted by Crippen LogP contribution is 2.31. The highest BCUT2D eigenvalue weighted by atomic mass is 32.1. The molecule has 2 N–H and O–H groups in total. The number of nitrogens with two attached hydrogens (primary N) is 1. The molecule has 0 aliphatic heterocycles. The maximum Gasteiger partial charge on any atom is 0.0375 e. The van der Waals surface area contributed by atoms with Crippen LogP contribution in [0, 0.1) is 6.92 Å². The van der Waals surface area contributed by atoms with E-state index < -0.39 is 0 Å². The second-order valence-corrected chi connectivity index (χ2v) is 4.16. The van der Waals surface area contributed by atoms with Crippen LogP contribution in [0.2, 0.25) is 0 Å². The summed E-state index contributed by atoms with van der Waals surface area (Å²) < 4.78 is 0. The van der Waals surface area contributed by atoms with Gasteiger partial charge < -0.3 is 5.73 Å². The Hall–Kier alpha value is -1.12. The normalized spacial score (nSPS) is 10.4. The lowest BCUT2D eigenvalue weighted by atomic mass is 10.1. The van der Waals surface area contributed by atoms with E-state index >= 15 is 0 Å². The number of thiophene rings is 1. The lowest BCUT2D eigenvalue weighted by Gasteiger charge is -2.00. The summed E-state index contributed by atoms with van der Waals surface area (Å²) in [5, 5.41) is 2.15. The van der Waals surface area contributed by atoms with Crippen molar-refractivity contribution in [3.8, 4) is 10.4 Å². The van der Waals surface area contributed by atoms with Gasteiger partial charge in [0, 0.05) is 11.4 Å². The van der Waals surface area contributed by atoms with E-state index in [0.29, 0.717) is 6.54 Å². The summed E-state index contributed by atoms with van der Waals surface area (Å²) in [6.07, 6.45) is 0. The summed E-state index contributed by atoms with van der Waals surface area (Å²) in [5.41, 5.74) is 9.52. The molecule has 0 radical (unpaired) electrons. The molecule has 0 saturated heterocycles. The quantitative estimate of drug-likeness (QED) is 0.797. The maximum absolute atomic E-state index is 5.65. The Labute approximate surface area is 88.2 Å². The van der Waals surface area contributed by atoms with Gasteiger partial charge in [-0.2, -0.15) is 0 Å². The average Bonchev–Trinajstić information content (AvgIpc) is 2.61. The minimum atomic E-state index is 0.634. The van der Waals surface area contributed by atoms with Gasteiger partial charge in [0.25, 0.3) is 0 Å². The molecule has 0 aliphatic rings. The second kappa shape index (κ2) is 3.95. The molecule has 0 atom stereocenters. The van der Waals surface area contributed by atoms with Crippen molar-refractivity contribution in [2.24, 2.45) is 5.73 Å². The molecular weight excluding hydrogens is 190 g/mol. The van der Waals surface area contributed by atoms with Crippen LogP contribution in [-0.2, 0) is 6.54 Å². The molecular formula is C12H13NS. The average molecular weight is 203 g/mol. The standard InChI is InChI=1S/C12H13NS/c1-9-11(7-13)8-14-12(9)10-5-3-2-4-6-10/h2-6,8H,7,13H2,1H3. The first-order valence-electron chi connectivity index (χ1n) is 4.65. The molecule has 0 spiro atoms. The fourth-order valence-corrected chi connectivity index (χ4v) is 2.64. The van der Waals surface area contributed by atoms with Gasteiger partial charge in [0.15, 0.2) is 0 Å². The van der Waals surface area contributed by atoms with Gasteiger partial charge in [-0.3, -0.25) is 0 Å². The number of benzene rings is 1. The van der Waals surface area contributed by atoms with E-state index in [9.17, 15) is 0 Å². The van der Waals surface area contributed by atoms with Crippen molar-refractivity contribution in [2.75, 3.05) is 0 Å². The molecule has 72 valence electrons. The van der Waals surface area contributed by atoms with Crippen molar-refractivity contribution >= 4 is 11.3 Å². The van der Waals surface area contributed by atoms with E-state index in [1.54, 1.807) is 11.3 Å². The summed E-state index contributed by atoms with van der Waals surface area (Å²) in [6.45, 7) is 2.77. The lowest BCUT2D eigenvalue weighted by Crippen LogP contribution is -1.95. The van der Waals surface area contributed by atoms with Gasteiger partial charge in [0.2, 0.25) is 0 Å². The third-order valence-corrected chi connectivity index (χ3v) is 3.58. The molecule has 1 aromatic heterocycles. The van der Waals surface area contributed by atoms with Gasteiger partial charge in [-0.15, -0.1) is 11.3 Å². The first-order chi connectivity index (χ1) is 6.83. The molecule has 1 aromatic carbocycles. The summed E-state index contributed by atoms with van der Waals surface area (Å²) in [5.74, 6) is 0. The Morgan fingerprint density at radius 1 is 1.21 bits per heavy atom. The molecule has 14 heavy (non-hydrogen) atoms. The predicted molar refractivity (Wildman–Crippen MR) is 62.4 cm³/mol. The Morgan fingerprint density at radius 2 is 1.93 bits per heavy atom. The molecule has 2 heteroatoms. The molecule has 0 unspecified atom stereocenters. The van der Waals surface area contributed by atoms with Crippen molar-refractivity contribution in [2.45, 2.75) is 13.5 Å². The third kappa shape index (κ3) is 1.59. The van der Waals surface area contributed by atoms with E-state index in [1.807, 2.05) is 6.07 Å². The Kier molecular flexibility index (Phi) is 2.66. The highest BCUT2D eigenvalue weighted by Gasteiger charge is 2.07. The largest absolute Gasteiger partial charge is 0.326 e. The van der Waals surface area contributed by atoms with Crippen molar-refractivity contribution in [3.63, 3.8) is 0 Å². The number of hydrogen-bond acceptors (Lipinski definition) is 2. The first kappa shape index (κ1) is 9.44. The van der Waals surface area contributed by atoms with Crippen LogP contribution in [0.25, 0.3) is 10.4 Å². The van der Waals surface area contributed by atoms with Crippen LogP contribution in [0.5, 0.6) is 0 Å². The van der Waals surface area contributed by atoms with Crippen LogP contribution in [0.1, 0.15) is 11.1 Å². The minimum Gasteiger partial charge on any atom is -0.326 e. The molecule has 0 saturated carbocycles. The van der Waals surface area contributed by atoms with E-state index in [2.05, 4.69) is 36.6 Å². The summed E-state index contributed by atoms with van der Waals surface area (Å²) >= 11 is 1.77. The molecule has 2 aromatic rings. The maximum atomic E-state index is 5.65. The van der Waals surface area contributed by atoms with Crippen molar-refractivity contribution in [3.05, 3.63) is 46.8 Å². The van der Waals surface area contributed by atoms with Crippen LogP contribution in [-0.4, -0.2) is 0 Å². The van der Waals surface area contributed by atoms with Crippen LogP contribution >= 0.6 is 11.3 Å². The Balaban J connectivity index is 2.48. The zero-order chi connectivity index (χ0) is 9.97. The van der Waals surface area contributed by atoms with Crippen LogP contribution in [0.3, 0.4) is 0 Å². The lowest BCUT2D eigenvalue weighted by molar-refractivity contribution is 1.06. The van der Waals surface area contributed by atoms with E-state index in [4.69, 9.17) is 5.73 Å². The summed E-state index contributed by atoms with van der Waals surface area (Å²) in [6, 6.07) is 10.4. The number of rotatable bonds is 2. The fraction of sp³-hybridized carbons (Fsp3) is 0.167.